The molecule has 0 spiro atoms. The molecule has 1 heterocycles. The minimum absolute atomic E-state index is 0.172. The molecule has 0 aliphatic heterocycles. The third-order valence-electron chi connectivity index (χ3n) is 4.92. The van der Waals surface area contributed by atoms with E-state index in [0.29, 0.717) is 12.5 Å². The highest BCUT2D eigenvalue weighted by Crippen LogP contribution is 2.17. The second kappa shape index (κ2) is 8.86. The smallest absolute Gasteiger partial charge is 0.209 e. The molecule has 0 fully saturated rings. The maximum absolute atomic E-state index is 13.2. The number of hydrogen-bond donors (Lipinski definition) is 1. The van der Waals surface area contributed by atoms with E-state index in [2.05, 4.69) is 60.6 Å². The van der Waals surface area contributed by atoms with Crippen LogP contribution in [-0.4, -0.2) is 26.8 Å². The lowest BCUT2D eigenvalue weighted by Gasteiger charge is -2.29. The van der Waals surface area contributed by atoms with Gasteiger partial charge in [0, 0.05) is 11.5 Å². The number of hydrogen-bond acceptors (Lipinski definition) is 3. The van der Waals surface area contributed by atoms with Crippen molar-refractivity contribution in [1.29, 1.82) is 0 Å². The summed E-state index contributed by atoms with van der Waals surface area (Å²) in [6.07, 6.45) is 0. The van der Waals surface area contributed by atoms with Crippen molar-refractivity contribution >= 4 is 0 Å². The SMILES string of the molecule is CC[NH+](Cc1ccccc1)[C@H](c1nnnn1Cc1ccc(F)cc1)C(C)C. The van der Waals surface area contributed by atoms with E-state index in [0.717, 1.165) is 24.5 Å². The fraction of sp³-hybridized carbons (Fsp3) is 0.381. The Bertz CT molecular complexity index is 829. The first-order valence-corrected chi connectivity index (χ1v) is 9.47. The van der Waals surface area contributed by atoms with Crippen LogP contribution in [0.1, 0.15) is 43.8 Å². The summed E-state index contributed by atoms with van der Waals surface area (Å²) in [5.74, 6) is 1.02. The Kier molecular flexibility index (Phi) is 6.29. The Hall–Kier alpha value is -2.60. The van der Waals surface area contributed by atoms with Gasteiger partial charge in [-0.25, -0.2) is 9.07 Å². The van der Waals surface area contributed by atoms with Gasteiger partial charge in [0.2, 0.25) is 5.82 Å². The second-order valence-corrected chi connectivity index (χ2v) is 7.22. The fourth-order valence-corrected chi connectivity index (χ4v) is 3.57. The molecule has 5 nitrogen and oxygen atoms in total. The topological polar surface area (TPSA) is 48.0 Å². The van der Waals surface area contributed by atoms with Gasteiger partial charge in [0.15, 0.2) is 6.04 Å². The Labute approximate surface area is 159 Å². The normalized spacial score (nSPS) is 13.7. The van der Waals surface area contributed by atoms with E-state index in [1.807, 2.05) is 10.7 Å². The minimum Gasteiger partial charge on any atom is -0.322 e. The van der Waals surface area contributed by atoms with Crippen LogP contribution in [0.2, 0.25) is 0 Å². The highest BCUT2D eigenvalue weighted by molar-refractivity contribution is 5.16. The highest BCUT2D eigenvalue weighted by atomic mass is 19.1. The zero-order chi connectivity index (χ0) is 19.2. The first kappa shape index (κ1) is 19.2. The van der Waals surface area contributed by atoms with Crippen LogP contribution in [0.15, 0.2) is 54.6 Å². The quantitative estimate of drug-likeness (QED) is 0.665. The van der Waals surface area contributed by atoms with Gasteiger partial charge in [0.05, 0.1) is 13.1 Å². The minimum atomic E-state index is -0.236. The van der Waals surface area contributed by atoms with Gasteiger partial charge in [0.25, 0.3) is 0 Å². The molecule has 27 heavy (non-hydrogen) atoms. The van der Waals surface area contributed by atoms with E-state index < -0.39 is 0 Å². The van der Waals surface area contributed by atoms with Crippen molar-refractivity contribution < 1.29 is 9.29 Å². The van der Waals surface area contributed by atoms with E-state index in [4.69, 9.17) is 0 Å². The Morgan fingerprint density at radius 1 is 1.00 bits per heavy atom. The van der Waals surface area contributed by atoms with Crippen LogP contribution in [0.3, 0.4) is 0 Å². The number of quaternary nitrogens is 1. The molecule has 1 aromatic heterocycles. The summed E-state index contributed by atoms with van der Waals surface area (Å²) < 4.78 is 15.0. The monoisotopic (exact) mass is 368 g/mol. The summed E-state index contributed by atoms with van der Waals surface area (Å²) in [5.41, 5.74) is 2.28. The molecule has 0 radical (unpaired) electrons. The van der Waals surface area contributed by atoms with E-state index in [1.165, 1.54) is 22.6 Å². The summed E-state index contributed by atoms with van der Waals surface area (Å²) in [7, 11) is 0. The number of halogens is 1. The van der Waals surface area contributed by atoms with Crippen LogP contribution in [0.5, 0.6) is 0 Å². The van der Waals surface area contributed by atoms with Crippen molar-refractivity contribution in [2.75, 3.05) is 6.54 Å². The van der Waals surface area contributed by atoms with Gasteiger partial charge >= 0.3 is 0 Å². The Balaban J connectivity index is 1.86. The third kappa shape index (κ3) is 4.77. The maximum Gasteiger partial charge on any atom is 0.209 e. The highest BCUT2D eigenvalue weighted by Gasteiger charge is 2.32. The first-order chi connectivity index (χ1) is 13.1. The molecule has 6 heteroatoms. The lowest BCUT2D eigenvalue weighted by molar-refractivity contribution is -0.948. The standard InChI is InChI=1S/C21H26FN5/c1-4-26(14-17-8-6-5-7-9-17)20(16(2)3)21-23-24-25-27(21)15-18-10-12-19(22)13-11-18/h5-13,16,20H,4,14-15H2,1-3H3/p+1/t20-/m0/s1. The predicted molar refractivity (Wildman–Crippen MR) is 103 cm³/mol. The lowest BCUT2D eigenvalue weighted by atomic mass is 10.0. The molecule has 2 aromatic carbocycles. The number of aromatic nitrogens is 4. The lowest BCUT2D eigenvalue weighted by Crippen LogP contribution is -3.11. The van der Waals surface area contributed by atoms with Crippen LogP contribution in [0, 0.1) is 11.7 Å². The summed E-state index contributed by atoms with van der Waals surface area (Å²) >= 11 is 0. The Morgan fingerprint density at radius 3 is 2.33 bits per heavy atom. The van der Waals surface area contributed by atoms with Crippen molar-refractivity contribution in [1.82, 2.24) is 20.2 Å². The van der Waals surface area contributed by atoms with Crippen molar-refractivity contribution in [3.8, 4) is 0 Å². The molecule has 2 atom stereocenters. The summed E-state index contributed by atoms with van der Waals surface area (Å²) in [6, 6.07) is 17.2. The van der Waals surface area contributed by atoms with Gasteiger partial charge in [-0.1, -0.05) is 56.3 Å². The van der Waals surface area contributed by atoms with Crippen LogP contribution >= 0.6 is 0 Å². The van der Waals surface area contributed by atoms with Gasteiger partial charge in [-0.15, -0.1) is 5.10 Å². The molecule has 0 bridgehead atoms. The van der Waals surface area contributed by atoms with E-state index in [1.54, 1.807) is 12.1 Å². The largest absolute Gasteiger partial charge is 0.322 e. The molecule has 0 saturated carbocycles. The van der Waals surface area contributed by atoms with Gasteiger partial charge in [-0.05, 0) is 35.0 Å². The van der Waals surface area contributed by atoms with Crippen LogP contribution in [-0.2, 0) is 13.1 Å². The molecular weight excluding hydrogens is 341 g/mol. The van der Waals surface area contributed by atoms with E-state index >= 15 is 0 Å². The number of benzene rings is 2. The van der Waals surface area contributed by atoms with E-state index in [9.17, 15) is 4.39 Å². The average Bonchev–Trinajstić information content (AvgIpc) is 3.11. The molecule has 3 aromatic rings. The molecule has 0 aliphatic rings. The summed E-state index contributed by atoms with van der Waals surface area (Å²) in [6.45, 7) is 9.05. The van der Waals surface area contributed by atoms with Crippen molar-refractivity contribution in [3.05, 3.63) is 77.4 Å². The van der Waals surface area contributed by atoms with Gasteiger partial charge in [-0.3, -0.25) is 0 Å². The van der Waals surface area contributed by atoms with Crippen LogP contribution in [0.25, 0.3) is 0 Å². The molecule has 1 unspecified atom stereocenters. The molecular formula is C21H27FN5+. The van der Waals surface area contributed by atoms with Crippen molar-refractivity contribution in [3.63, 3.8) is 0 Å². The number of nitrogens with zero attached hydrogens (tertiary/aromatic N) is 4. The maximum atomic E-state index is 13.2. The molecule has 1 N–H and O–H groups in total. The molecule has 142 valence electrons. The van der Waals surface area contributed by atoms with Crippen LogP contribution < -0.4 is 4.90 Å². The Morgan fingerprint density at radius 2 is 1.70 bits per heavy atom. The number of tetrazole rings is 1. The summed E-state index contributed by atoms with van der Waals surface area (Å²) in [4.78, 5) is 1.42. The van der Waals surface area contributed by atoms with Crippen molar-refractivity contribution in [2.45, 2.75) is 39.9 Å². The first-order valence-electron chi connectivity index (χ1n) is 9.47. The van der Waals surface area contributed by atoms with Crippen molar-refractivity contribution in [2.24, 2.45) is 5.92 Å². The molecule has 0 aliphatic carbocycles. The van der Waals surface area contributed by atoms with Gasteiger partial charge < -0.3 is 4.90 Å². The average molecular weight is 368 g/mol. The second-order valence-electron chi connectivity index (χ2n) is 7.22. The number of nitrogens with one attached hydrogen (secondary N) is 1. The zero-order valence-corrected chi connectivity index (χ0v) is 16.1. The third-order valence-corrected chi connectivity index (χ3v) is 4.92. The zero-order valence-electron chi connectivity index (χ0n) is 16.1. The predicted octanol–water partition coefficient (Wildman–Crippen LogP) is 2.66. The van der Waals surface area contributed by atoms with Gasteiger partial charge in [-0.2, -0.15) is 0 Å². The van der Waals surface area contributed by atoms with Gasteiger partial charge in [0.1, 0.15) is 12.4 Å². The van der Waals surface area contributed by atoms with Crippen LogP contribution in [0.4, 0.5) is 4.39 Å². The number of rotatable bonds is 8. The van der Waals surface area contributed by atoms with E-state index in [-0.39, 0.29) is 11.9 Å². The summed E-state index contributed by atoms with van der Waals surface area (Å²) in [5, 5.41) is 12.5. The molecule has 0 saturated heterocycles. The molecule has 0 amide bonds. The molecule has 3 rings (SSSR count). The fourth-order valence-electron chi connectivity index (χ4n) is 3.57.